The molecule has 0 radical (unpaired) electrons. The standard InChI is InChI=1S/C13H10F2N2O/c1-8-3-2-4-9(7-8)17-13(18)10-5-6-16-12(15)11(10)14/h2-7H,1H3,(H,17,18). The van der Waals surface area contributed by atoms with Crippen LogP contribution in [0.15, 0.2) is 36.5 Å². The molecule has 0 atom stereocenters. The van der Waals surface area contributed by atoms with Gasteiger partial charge in [0.05, 0.1) is 5.56 Å². The average Bonchev–Trinajstić information content (AvgIpc) is 2.32. The number of halogens is 2. The molecule has 0 unspecified atom stereocenters. The van der Waals surface area contributed by atoms with Crippen LogP contribution in [-0.2, 0) is 0 Å². The monoisotopic (exact) mass is 248 g/mol. The van der Waals surface area contributed by atoms with E-state index in [9.17, 15) is 13.6 Å². The molecule has 18 heavy (non-hydrogen) atoms. The first-order valence-electron chi connectivity index (χ1n) is 5.26. The summed E-state index contributed by atoms with van der Waals surface area (Å²) in [6, 6.07) is 8.15. The number of anilines is 1. The van der Waals surface area contributed by atoms with Crippen LogP contribution in [0.2, 0.25) is 0 Å². The lowest BCUT2D eigenvalue weighted by Gasteiger charge is -2.06. The number of carbonyl (C=O) groups excluding carboxylic acids is 1. The SMILES string of the molecule is Cc1cccc(NC(=O)c2ccnc(F)c2F)c1. The molecule has 0 saturated carbocycles. The van der Waals surface area contributed by atoms with Gasteiger partial charge in [-0.05, 0) is 30.7 Å². The molecule has 0 fully saturated rings. The van der Waals surface area contributed by atoms with Crippen molar-refractivity contribution >= 4 is 11.6 Å². The zero-order valence-electron chi connectivity index (χ0n) is 9.58. The average molecular weight is 248 g/mol. The minimum atomic E-state index is -1.29. The fourth-order valence-corrected chi connectivity index (χ4v) is 1.51. The first kappa shape index (κ1) is 12.2. The Balaban J connectivity index is 2.25. The maximum Gasteiger partial charge on any atom is 0.258 e. The summed E-state index contributed by atoms with van der Waals surface area (Å²) < 4.78 is 26.2. The molecular formula is C13H10F2N2O. The fraction of sp³-hybridized carbons (Fsp3) is 0.0769. The van der Waals surface area contributed by atoms with E-state index in [0.717, 1.165) is 17.8 Å². The maximum atomic E-state index is 13.3. The van der Waals surface area contributed by atoms with Crippen molar-refractivity contribution in [3.63, 3.8) is 0 Å². The first-order chi connectivity index (χ1) is 8.58. The van der Waals surface area contributed by atoms with Crippen LogP contribution in [0.4, 0.5) is 14.5 Å². The van der Waals surface area contributed by atoms with Crippen LogP contribution in [0.1, 0.15) is 15.9 Å². The molecule has 0 aliphatic rings. The first-order valence-corrected chi connectivity index (χ1v) is 5.26. The summed E-state index contributed by atoms with van der Waals surface area (Å²) in [7, 11) is 0. The normalized spacial score (nSPS) is 10.2. The third-order valence-corrected chi connectivity index (χ3v) is 2.37. The number of benzene rings is 1. The molecule has 0 aliphatic carbocycles. The largest absolute Gasteiger partial charge is 0.322 e. The van der Waals surface area contributed by atoms with Gasteiger partial charge in [-0.25, -0.2) is 9.37 Å². The Bertz CT molecular complexity index is 599. The highest BCUT2D eigenvalue weighted by Crippen LogP contribution is 2.14. The molecule has 3 nitrogen and oxygen atoms in total. The summed E-state index contributed by atoms with van der Waals surface area (Å²) in [6.07, 6.45) is 1.05. The molecule has 0 spiro atoms. The second-order valence-electron chi connectivity index (χ2n) is 3.79. The molecule has 1 aromatic heterocycles. The number of hydrogen-bond donors (Lipinski definition) is 1. The van der Waals surface area contributed by atoms with Gasteiger partial charge in [-0.15, -0.1) is 0 Å². The molecule has 1 N–H and O–H groups in total. The number of amides is 1. The molecule has 2 rings (SSSR count). The highest BCUT2D eigenvalue weighted by molar-refractivity contribution is 6.04. The quantitative estimate of drug-likeness (QED) is 0.830. The van der Waals surface area contributed by atoms with Crippen molar-refractivity contribution in [3.8, 4) is 0 Å². The minimum Gasteiger partial charge on any atom is -0.322 e. The zero-order valence-corrected chi connectivity index (χ0v) is 9.58. The molecule has 5 heteroatoms. The van der Waals surface area contributed by atoms with Gasteiger partial charge in [-0.2, -0.15) is 4.39 Å². The van der Waals surface area contributed by atoms with Gasteiger partial charge in [-0.1, -0.05) is 12.1 Å². The van der Waals surface area contributed by atoms with Gasteiger partial charge in [0, 0.05) is 11.9 Å². The van der Waals surface area contributed by atoms with Crippen molar-refractivity contribution in [2.75, 3.05) is 5.32 Å². The van der Waals surface area contributed by atoms with Crippen LogP contribution >= 0.6 is 0 Å². The Kier molecular flexibility index (Phi) is 3.32. The highest BCUT2D eigenvalue weighted by atomic mass is 19.2. The van der Waals surface area contributed by atoms with Gasteiger partial charge in [-0.3, -0.25) is 4.79 Å². The molecular weight excluding hydrogens is 238 g/mol. The summed E-state index contributed by atoms with van der Waals surface area (Å²) in [4.78, 5) is 14.9. The maximum absolute atomic E-state index is 13.3. The van der Waals surface area contributed by atoms with Crippen molar-refractivity contribution in [1.82, 2.24) is 4.98 Å². The Hall–Kier alpha value is -2.30. The minimum absolute atomic E-state index is 0.371. The van der Waals surface area contributed by atoms with Crippen LogP contribution in [0.3, 0.4) is 0 Å². The van der Waals surface area contributed by atoms with Gasteiger partial charge in [0.15, 0.2) is 5.82 Å². The lowest BCUT2D eigenvalue weighted by molar-refractivity contribution is 0.102. The molecule has 1 heterocycles. The predicted molar refractivity (Wildman–Crippen MR) is 63.3 cm³/mol. The van der Waals surface area contributed by atoms with Gasteiger partial charge in [0.25, 0.3) is 5.91 Å². The number of carbonyl (C=O) groups is 1. The Labute approximate surface area is 102 Å². The molecule has 1 aromatic carbocycles. The van der Waals surface area contributed by atoms with Crippen LogP contribution < -0.4 is 5.32 Å². The molecule has 0 aliphatic heterocycles. The molecule has 0 saturated heterocycles. The number of rotatable bonds is 2. The zero-order chi connectivity index (χ0) is 13.1. The number of nitrogens with zero attached hydrogens (tertiary/aromatic N) is 1. The Morgan fingerprint density at radius 1 is 1.28 bits per heavy atom. The smallest absolute Gasteiger partial charge is 0.258 e. The molecule has 0 bridgehead atoms. The summed E-state index contributed by atoms with van der Waals surface area (Å²) in [6.45, 7) is 1.86. The third-order valence-electron chi connectivity index (χ3n) is 2.37. The van der Waals surface area contributed by atoms with Crippen LogP contribution in [0.25, 0.3) is 0 Å². The summed E-state index contributed by atoms with van der Waals surface area (Å²) in [5.74, 6) is -3.24. The van der Waals surface area contributed by atoms with E-state index in [0.29, 0.717) is 5.69 Å². The predicted octanol–water partition coefficient (Wildman–Crippen LogP) is 2.92. The summed E-state index contributed by atoms with van der Waals surface area (Å²) in [5, 5.41) is 2.49. The van der Waals surface area contributed by atoms with Gasteiger partial charge >= 0.3 is 0 Å². The van der Waals surface area contributed by atoms with Crippen LogP contribution in [0, 0.1) is 18.7 Å². The van der Waals surface area contributed by atoms with Gasteiger partial charge in [0.2, 0.25) is 5.95 Å². The van der Waals surface area contributed by atoms with E-state index in [1.165, 1.54) is 0 Å². The Morgan fingerprint density at radius 2 is 2.06 bits per heavy atom. The van der Waals surface area contributed by atoms with E-state index < -0.39 is 17.7 Å². The number of aryl methyl sites for hydroxylation is 1. The van der Waals surface area contributed by atoms with Crippen molar-refractivity contribution in [1.29, 1.82) is 0 Å². The summed E-state index contributed by atoms with van der Waals surface area (Å²) >= 11 is 0. The second-order valence-corrected chi connectivity index (χ2v) is 3.79. The number of pyridine rings is 1. The Morgan fingerprint density at radius 3 is 2.78 bits per heavy atom. The number of aromatic nitrogens is 1. The number of hydrogen-bond acceptors (Lipinski definition) is 2. The summed E-state index contributed by atoms with van der Waals surface area (Å²) in [5.41, 5.74) is 1.11. The van der Waals surface area contributed by atoms with E-state index in [1.807, 2.05) is 13.0 Å². The lowest BCUT2D eigenvalue weighted by atomic mass is 10.2. The topological polar surface area (TPSA) is 42.0 Å². The van der Waals surface area contributed by atoms with Crippen molar-refractivity contribution in [2.45, 2.75) is 6.92 Å². The van der Waals surface area contributed by atoms with E-state index in [2.05, 4.69) is 10.3 Å². The second kappa shape index (κ2) is 4.91. The van der Waals surface area contributed by atoms with Gasteiger partial charge in [0.1, 0.15) is 0 Å². The molecule has 1 amide bonds. The number of nitrogens with one attached hydrogen (secondary N) is 1. The van der Waals surface area contributed by atoms with Crippen LogP contribution in [-0.4, -0.2) is 10.9 Å². The van der Waals surface area contributed by atoms with Gasteiger partial charge < -0.3 is 5.32 Å². The van der Waals surface area contributed by atoms with Crippen molar-refractivity contribution in [2.24, 2.45) is 0 Å². The lowest BCUT2D eigenvalue weighted by Crippen LogP contribution is -2.15. The van der Waals surface area contributed by atoms with E-state index in [1.54, 1.807) is 18.2 Å². The van der Waals surface area contributed by atoms with E-state index in [-0.39, 0.29) is 5.56 Å². The van der Waals surface area contributed by atoms with Crippen molar-refractivity contribution < 1.29 is 13.6 Å². The van der Waals surface area contributed by atoms with E-state index >= 15 is 0 Å². The molecule has 2 aromatic rings. The fourth-order valence-electron chi connectivity index (χ4n) is 1.51. The third kappa shape index (κ3) is 2.51. The van der Waals surface area contributed by atoms with Crippen LogP contribution in [0.5, 0.6) is 0 Å². The van der Waals surface area contributed by atoms with E-state index in [4.69, 9.17) is 0 Å². The highest BCUT2D eigenvalue weighted by Gasteiger charge is 2.16. The molecule has 92 valence electrons. The van der Waals surface area contributed by atoms with Crippen molar-refractivity contribution in [3.05, 3.63) is 59.4 Å².